The molecule has 2 N–H and O–H groups in total. The summed E-state index contributed by atoms with van der Waals surface area (Å²) < 4.78 is 0. The first-order valence-corrected chi connectivity index (χ1v) is 13.0. The van der Waals surface area contributed by atoms with Crippen molar-refractivity contribution in [3.8, 4) is 0 Å². The maximum absolute atomic E-state index is 4.82. The van der Waals surface area contributed by atoms with E-state index in [1.54, 1.807) is 0 Å². The van der Waals surface area contributed by atoms with Crippen molar-refractivity contribution in [2.45, 2.75) is 57.9 Å². The van der Waals surface area contributed by atoms with Crippen molar-refractivity contribution in [1.82, 2.24) is 15.3 Å². The second-order valence-electron chi connectivity index (χ2n) is 10.5. The van der Waals surface area contributed by atoms with Crippen LogP contribution in [0, 0.1) is 11.8 Å². The standard InChI is InChI=1S/C29H41N5/c1-21(18-22(2)24-10-6-5-7-11-24)19-30-20-23-14-16-25(17-15-23)31-29-32-27-13-9-8-12-26(27)28(33-29)34(3)4/h5-13,21-23,25,30H,14-20H2,1-4H3,(H,31,32,33)/t21?,22?,23-,25+. The molecule has 34 heavy (non-hydrogen) atoms. The predicted molar refractivity (Wildman–Crippen MR) is 145 cm³/mol. The van der Waals surface area contributed by atoms with Crippen LogP contribution in [0.3, 0.4) is 0 Å². The summed E-state index contributed by atoms with van der Waals surface area (Å²) in [6.45, 7) is 6.96. The van der Waals surface area contributed by atoms with Gasteiger partial charge >= 0.3 is 0 Å². The van der Waals surface area contributed by atoms with Gasteiger partial charge in [0.15, 0.2) is 0 Å². The van der Waals surface area contributed by atoms with E-state index < -0.39 is 0 Å². The van der Waals surface area contributed by atoms with Crippen molar-refractivity contribution < 1.29 is 0 Å². The number of aromatic nitrogens is 2. The fraction of sp³-hybridized carbons (Fsp3) is 0.517. The first-order valence-electron chi connectivity index (χ1n) is 13.0. The predicted octanol–water partition coefficient (Wildman–Crippen LogP) is 6.09. The third-order valence-electron chi connectivity index (χ3n) is 7.24. The van der Waals surface area contributed by atoms with Crippen molar-refractivity contribution in [2.75, 3.05) is 37.4 Å². The monoisotopic (exact) mass is 459 g/mol. The molecule has 0 bridgehead atoms. The minimum absolute atomic E-state index is 0.457. The van der Waals surface area contributed by atoms with Crippen molar-refractivity contribution in [3.63, 3.8) is 0 Å². The average Bonchev–Trinajstić information content (AvgIpc) is 2.85. The van der Waals surface area contributed by atoms with E-state index in [2.05, 4.69) is 71.8 Å². The van der Waals surface area contributed by atoms with Crippen LogP contribution >= 0.6 is 0 Å². The van der Waals surface area contributed by atoms with E-state index in [1.807, 2.05) is 26.2 Å². The molecule has 2 atom stereocenters. The molecule has 1 fully saturated rings. The van der Waals surface area contributed by atoms with Gasteiger partial charge in [0.1, 0.15) is 5.82 Å². The Morgan fingerprint density at radius 3 is 2.35 bits per heavy atom. The lowest BCUT2D eigenvalue weighted by molar-refractivity contribution is 0.315. The van der Waals surface area contributed by atoms with Gasteiger partial charge in [0, 0.05) is 25.5 Å². The topological polar surface area (TPSA) is 53.1 Å². The molecule has 2 aromatic carbocycles. The molecule has 0 amide bonds. The van der Waals surface area contributed by atoms with Crippen LogP contribution in [0.15, 0.2) is 54.6 Å². The highest BCUT2D eigenvalue weighted by Crippen LogP contribution is 2.28. The van der Waals surface area contributed by atoms with E-state index in [0.29, 0.717) is 17.9 Å². The average molecular weight is 460 g/mol. The lowest BCUT2D eigenvalue weighted by Crippen LogP contribution is -2.33. The number of benzene rings is 2. The van der Waals surface area contributed by atoms with Gasteiger partial charge in [-0.2, -0.15) is 4.98 Å². The van der Waals surface area contributed by atoms with Gasteiger partial charge in [-0.05, 0) is 80.6 Å². The zero-order valence-corrected chi connectivity index (χ0v) is 21.3. The highest BCUT2D eigenvalue weighted by atomic mass is 15.2. The molecule has 0 radical (unpaired) electrons. The van der Waals surface area contributed by atoms with Gasteiger partial charge in [-0.15, -0.1) is 0 Å². The fourth-order valence-corrected chi connectivity index (χ4v) is 5.30. The Labute approximate surface area is 205 Å². The van der Waals surface area contributed by atoms with Crippen LogP contribution in [-0.4, -0.2) is 43.2 Å². The SMILES string of the molecule is CC(CNC[C@H]1CC[C@@H](Nc2nc(N(C)C)c3ccccc3n2)CC1)CC(C)c1ccccc1. The Morgan fingerprint density at radius 2 is 1.62 bits per heavy atom. The van der Waals surface area contributed by atoms with Gasteiger partial charge in [0.05, 0.1) is 5.52 Å². The number of fused-ring (bicyclic) bond motifs is 1. The molecule has 0 aliphatic heterocycles. The van der Waals surface area contributed by atoms with Crippen LogP contribution in [0.25, 0.3) is 10.9 Å². The van der Waals surface area contributed by atoms with Gasteiger partial charge in [-0.1, -0.05) is 56.3 Å². The summed E-state index contributed by atoms with van der Waals surface area (Å²) in [6, 6.07) is 19.6. The van der Waals surface area contributed by atoms with Gasteiger partial charge in [0.2, 0.25) is 5.95 Å². The van der Waals surface area contributed by atoms with Crippen molar-refractivity contribution in [3.05, 3.63) is 60.2 Å². The molecule has 0 spiro atoms. The molecule has 0 saturated heterocycles. The Bertz CT molecular complexity index is 1030. The first-order chi connectivity index (χ1) is 16.5. The molecule has 5 heteroatoms. The largest absolute Gasteiger partial charge is 0.362 e. The molecular formula is C29H41N5. The summed E-state index contributed by atoms with van der Waals surface area (Å²) in [5.74, 6) is 3.80. The normalized spacial score (nSPS) is 20.1. The zero-order valence-electron chi connectivity index (χ0n) is 21.3. The van der Waals surface area contributed by atoms with Crippen molar-refractivity contribution in [2.24, 2.45) is 11.8 Å². The number of para-hydroxylation sites is 1. The van der Waals surface area contributed by atoms with Gasteiger partial charge in [-0.25, -0.2) is 4.98 Å². The third-order valence-corrected chi connectivity index (χ3v) is 7.24. The smallest absolute Gasteiger partial charge is 0.225 e. The third kappa shape index (κ3) is 6.47. The van der Waals surface area contributed by atoms with Gasteiger partial charge in [-0.3, -0.25) is 0 Å². The molecule has 1 aromatic heterocycles. The summed E-state index contributed by atoms with van der Waals surface area (Å²) >= 11 is 0. The second kappa shape index (κ2) is 11.7. The summed E-state index contributed by atoms with van der Waals surface area (Å²) in [6.07, 6.45) is 6.11. The van der Waals surface area contributed by atoms with Gasteiger partial charge in [0.25, 0.3) is 0 Å². The summed E-state index contributed by atoms with van der Waals surface area (Å²) in [5, 5.41) is 8.49. The molecule has 5 nitrogen and oxygen atoms in total. The second-order valence-corrected chi connectivity index (χ2v) is 10.5. The quantitative estimate of drug-likeness (QED) is 0.384. The van der Waals surface area contributed by atoms with Crippen molar-refractivity contribution >= 4 is 22.7 Å². The minimum Gasteiger partial charge on any atom is -0.362 e. The van der Waals surface area contributed by atoms with Crippen LogP contribution in [-0.2, 0) is 0 Å². The van der Waals surface area contributed by atoms with Crippen LogP contribution in [0.5, 0.6) is 0 Å². The maximum Gasteiger partial charge on any atom is 0.225 e. The molecule has 1 saturated carbocycles. The van der Waals surface area contributed by atoms with E-state index in [1.165, 1.54) is 37.7 Å². The van der Waals surface area contributed by atoms with Gasteiger partial charge < -0.3 is 15.5 Å². The number of anilines is 2. The molecular weight excluding hydrogens is 418 g/mol. The molecule has 4 rings (SSSR count). The number of nitrogens with one attached hydrogen (secondary N) is 2. The minimum atomic E-state index is 0.457. The molecule has 1 aliphatic carbocycles. The highest BCUT2D eigenvalue weighted by Gasteiger charge is 2.22. The van der Waals surface area contributed by atoms with E-state index in [0.717, 1.165) is 41.7 Å². The number of hydrogen-bond donors (Lipinski definition) is 2. The molecule has 182 valence electrons. The fourth-order valence-electron chi connectivity index (χ4n) is 5.30. The summed E-state index contributed by atoms with van der Waals surface area (Å²) in [5.41, 5.74) is 2.45. The maximum atomic E-state index is 4.82. The van der Waals surface area contributed by atoms with E-state index >= 15 is 0 Å². The van der Waals surface area contributed by atoms with Crippen LogP contribution < -0.4 is 15.5 Å². The number of hydrogen-bond acceptors (Lipinski definition) is 5. The first kappa shape index (κ1) is 24.5. The van der Waals surface area contributed by atoms with Crippen LogP contribution in [0.4, 0.5) is 11.8 Å². The summed E-state index contributed by atoms with van der Waals surface area (Å²) in [7, 11) is 4.08. The van der Waals surface area contributed by atoms with Crippen LogP contribution in [0.2, 0.25) is 0 Å². The lowest BCUT2D eigenvalue weighted by atomic mass is 9.86. The zero-order chi connectivity index (χ0) is 23.9. The number of rotatable bonds is 10. The Balaban J connectivity index is 1.20. The lowest BCUT2D eigenvalue weighted by Gasteiger charge is -2.30. The number of nitrogens with zero attached hydrogens (tertiary/aromatic N) is 3. The van der Waals surface area contributed by atoms with E-state index in [4.69, 9.17) is 9.97 Å². The molecule has 1 aliphatic rings. The molecule has 3 aromatic rings. The summed E-state index contributed by atoms with van der Waals surface area (Å²) in [4.78, 5) is 11.7. The molecule has 1 heterocycles. The van der Waals surface area contributed by atoms with Crippen molar-refractivity contribution in [1.29, 1.82) is 0 Å². The van der Waals surface area contributed by atoms with E-state index in [-0.39, 0.29) is 0 Å². The van der Waals surface area contributed by atoms with E-state index in [9.17, 15) is 0 Å². The Kier molecular flexibility index (Phi) is 8.39. The Hall–Kier alpha value is -2.66. The van der Waals surface area contributed by atoms with Crippen LogP contribution in [0.1, 0.15) is 57.4 Å². The molecule has 2 unspecified atom stereocenters. The Morgan fingerprint density at radius 1 is 0.912 bits per heavy atom. The highest BCUT2D eigenvalue weighted by molar-refractivity contribution is 5.90.